The number of hydrogen-bond acceptors (Lipinski definition) is 6. The molecule has 4 aromatic rings. The third kappa shape index (κ3) is 3.11. The average molecular weight is 367 g/mol. The topological polar surface area (TPSA) is 84.5 Å². The molecule has 0 fully saturated rings. The number of aliphatic carboxylic acids is 1. The molecule has 0 spiro atoms. The highest BCUT2D eigenvalue weighted by Crippen LogP contribution is 2.25. The average Bonchev–Trinajstić information content (AvgIpc) is 3.20. The Bertz CT molecular complexity index is 1060. The number of hydrogen-bond donors (Lipinski definition) is 0. The number of ether oxygens (including phenoxy) is 1. The van der Waals surface area contributed by atoms with Gasteiger partial charge >= 0.3 is 0 Å². The van der Waals surface area contributed by atoms with Gasteiger partial charge in [0.1, 0.15) is 12.4 Å². The molecular formula is C18H15N4O3S-. The lowest BCUT2D eigenvalue weighted by molar-refractivity contribution is -0.301. The van der Waals surface area contributed by atoms with Crippen LogP contribution in [0.1, 0.15) is 0 Å². The Hall–Kier alpha value is -3.00. The van der Waals surface area contributed by atoms with Crippen molar-refractivity contribution in [2.45, 2.75) is 11.7 Å². The van der Waals surface area contributed by atoms with E-state index in [4.69, 9.17) is 4.74 Å². The zero-order valence-electron chi connectivity index (χ0n) is 13.7. The van der Waals surface area contributed by atoms with Gasteiger partial charge in [-0.05, 0) is 24.3 Å². The van der Waals surface area contributed by atoms with Crippen LogP contribution in [0.4, 0.5) is 0 Å². The Morgan fingerprint density at radius 3 is 2.54 bits per heavy atom. The number of nitrogens with zero attached hydrogens (tertiary/aromatic N) is 4. The highest BCUT2D eigenvalue weighted by atomic mass is 32.2. The van der Waals surface area contributed by atoms with E-state index in [1.54, 1.807) is 0 Å². The van der Waals surface area contributed by atoms with Crippen LogP contribution in [0.15, 0.2) is 59.8 Å². The van der Waals surface area contributed by atoms with Gasteiger partial charge in [0.2, 0.25) is 5.78 Å². The van der Waals surface area contributed by atoms with Gasteiger partial charge in [-0.2, -0.15) is 0 Å². The highest BCUT2D eigenvalue weighted by molar-refractivity contribution is 7.99. The molecule has 2 heterocycles. The van der Waals surface area contributed by atoms with Gasteiger partial charge < -0.3 is 19.2 Å². The minimum atomic E-state index is -1.13. The van der Waals surface area contributed by atoms with Crippen molar-refractivity contribution in [2.24, 2.45) is 0 Å². The zero-order chi connectivity index (χ0) is 17.9. The number of carboxylic acids is 1. The van der Waals surface area contributed by atoms with Gasteiger partial charge in [-0.1, -0.05) is 42.1 Å². The van der Waals surface area contributed by atoms with Crippen LogP contribution in [0, 0.1) is 0 Å². The second-order valence-electron chi connectivity index (χ2n) is 5.58. The molecule has 7 nitrogen and oxygen atoms in total. The van der Waals surface area contributed by atoms with Crippen molar-refractivity contribution in [1.29, 1.82) is 0 Å². The smallest absolute Gasteiger partial charge is 0.237 e. The summed E-state index contributed by atoms with van der Waals surface area (Å²) in [6, 6.07) is 17.5. The van der Waals surface area contributed by atoms with Gasteiger partial charge in [-0.25, -0.2) is 0 Å². The van der Waals surface area contributed by atoms with Crippen molar-refractivity contribution in [2.75, 3.05) is 12.4 Å². The molecule has 0 amide bonds. The van der Waals surface area contributed by atoms with Gasteiger partial charge in [0.15, 0.2) is 5.16 Å². The van der Waals surface area contributed by atoms with E-state index in [0.717, 1.165) is 28.5 Å². The minimum Gasteiger partial charge on any atom is -0.549 e. The number of aromatic nitrogens is 4. The summed E-state index contributed by atoms with van der Waals surface area (Å²) < 4.78 is 9.68. The van der Waals surface area contributed by atoms with Gasteiger partial charge in [0.05, 0.1) is 23.5 Å². The van der Waals surface area contributed by atoms with Crippen LogP contribution in [-0.4, -0.2) is 37.5 Å². The Labute approximate surface area is 153 Å². The quantitative estimate of drug-likeness (QED) is 0.461. The van der Waals surface area contributed by atoms with Crippen LogP contribution in [0.2, 0.25) is 0 Å². The normalized spacial score (nSPS) is 11.2. The molecule has 0 radical (unpaired) electrons. The largest absolute Gasteiger partial charge is 0.549 e. The van der Waals surface area contributed by atoms with E-state index in [9.17, 15) is 9.90 Å². The van der Waals surface area contributed by atoms with Gasteiger partial charge in [-0.15, -0.1) is 10.2 Å². The molecule has 0 aliphatic heterocycles. The molecule has 0 aliphatic rings. The summed E-state index contributed by atoms with van der Waals surface area (Å²) in [5, 5.41) is 19.7. The summed E-state index contributed by atoms with van der Waals surface area (Å²) in [6.45, 7) is 1.07. The Balaban J connectivity index is 1.65. The van der Waals surface area contributed by atoms with E-state index in [1.807, 2.05) is 63.6 Å². The van der Waals surface area contributed by atoms with Crippen LogP contribution in [0.3, 0.4) is 0 Å². The second kappa shape index (κ2) is 7.09. The molecule has 2 aromatic heterocycles. The molecule has 0 aliphatic carbocycles. The molecule has 0 saturated heterocycles. The number of para-hydroxylation sites is 3. The summed E-state index contributed by atoms with van der Waals surface area (Å²) >= 11 is 1.10. The second-order valence-corrected chi connectivity index (χ2v) is 6.52. The summed E-state index contributed by atoms with van der Waals surface area (Å²) in [6.07, 6.45) is 0. The molecule has 0 unspecified atom stereocenters. The molecule has 4 rings (SSSR count). The van der Waals surface area contributed by atoms with Crippen LogP contribution in [-0.2, 0) is 11.3 Å². The van der Waals surface area contributed by atoms with Gasteiger partial charge in [-0.3, -0.25) is 4.40 Å². The first-order valence-electron chi connectivity index (χ1n) is 8.07. The summed E-state index contributed by atoms with van der Waals surface area (Å²) in [4.78, 5) is 10.8. The van der Waals surface area contributed by atoms with E-state index < -0.39 is 5.97 Å². The molecule has 8 heteroatoms. The Kier molecular flexibility index (Phi) is 4.49. The van der Waals surface area contributed by atoms with Gasteiger partial charge in [0.25, 0.3) is 0 Å². The first-order chi connectivity index (χ1) is 12.7. The number of fused-ring (bicyclic) bond motifs is 3. The lowest BCUT2D eigenvalue weighted by Crippen LogP contribution is -2.24. The van der Waals surface area contributed by atoms with Crippen molar-refractivity contribution in [3.8, 4) is 5.75 Å². The minimum absolute atomic E-state index is 0.169. The number of carbonyl (C=O) groups excluding carboxylic acids is 1. The molecular weight excluding hydrogens is 352 g/mol. The van der Waals surface area contributed by atoms with E-state index in [1.165, 1.54) is 0 Å². The van der Waals surface area contributed by atoms with E-state index in [-0.39, 0.29) is 5.75 Å². The fourth-order valence-corrected chi connectivity index (χ4v) is 3.50. The van der Waals surface area contributed by atoms with E-state index in [0.29, 0.717) is 24.1 Å². The van der Waals surface area contributed by atoms with Crippen molar-refractivity contribution >= 4 is 34.5 Å². The molecule has 0 atom stereocenters. The van der Waals surface area contributed by atoms with Gasteiger partial charge in [0, 0.05) is 5.75 Å². The molecule has 0 N–H and O–H groups in total. The number of benzene rings is 2. The van der Waals surface area contributed by atoms with Crippen molar-refractivity contribution in [3.05, 3.63) is 54.6 Å². The molecule has 0 bridgehead atoms. The fourth-order valence-electron chi connectivity index (χ4n) is 2.85. The maximum Gasteiger partial charge on any atom is 0.237 e. The number of carboxylic acid groups (broad SMARTS) is 1. The maximum atomic E-state index is 10.8. The third-order valence-electron chi connectivity index (χ3n) is 3.92. The first kappa shape index (κ1) is 16.5. The number of imidazole rings is 1. The van der Waals surface area contributed by atoms with Crippen LogP contribution < -0.4 is 9.84 Å². The van der Waals surface area contributed by atoms with Crippen LogP contribution in [0.25, 0.3) is 16.8 Å². The molecule has 0 saturated carbocycles. The highest BCUT2D eigenvalue weighted by Gasteiger charge is 2.16. The summed E-state index contributed by atoms with van der Waals surface area (Å²) in [7, 11) is 0. The lowest BCUT2D eigenvalue weighted by atomic mass is 10.3. The first-order valence-corrected chi connectivity index (χ1v) is 9.05. The van der Waals surface area contributed by atoms with Crippen LogP contribution in [0.5, 0.6) is 5.75 Å². The van der Waals surface area contributed by atoms with Crippen molar-refractivity contribution in [1.82, 2.24) is 19.2 Å². The predicted octanol–water partition coefficient (Wildman–Crippen LogP) is 1.60. The predicted molar refractivity (Wildman–Crippen MR) is 96.2 cm³/mol. The third-order valence-corrected chi connectivity index (χ3v) is 4.82. The molecule has 2 aromatic carbocycles. The summed E-state index contributed by atoms with van der Waals surface area (Å²) in [5.41, 5.74) is 1.91. The van der Waals surface area contributed by atoms with Crippen molar-refractivity contribution in [3.63, 3.8) is 0 Å². The van der Waals surface area contributed by atoms with Crippen molar-refractivity contribution < 1.29 is 14.6 Å². The maximum absolute atomic E-state index is 10.8. The van der Waals surface area contributed by atoms with E-state index >= 15 is 0 Å². The number of carbonyl (C=O) groups is 1. The summed E-state index contributed by atoms with van der Waals surface area (Å²) in [5.74, 6) is 0.166. The Morgan fingerprint density at radius 1 is 1.04 bits per heavy atom. The zero-order valence-corrected chi connectivity index (χ0v) is 14.6. The number of thioether (sulfide) groups is 1. The monoisotopic (exact) mass is 367 g/mol. The SMILES string of the molecule is O=C([O-])CSc1nnc2n(CCOc3ccccc3)c3ccccc3n12. The molecule has 26 heavy (non-hydrogen) atoms. The standard InChI is InChI=1S/C18H16N4O3S/c23-16(24)12-26-18-20-19-17-21(10-11-25-13-6-2-1-3-7-13)14-8-4-5-9-15(14)22(17)18/h1-9H,10-12H2,(H,23,24)/p-1. The number of rotatable bonds is 7. The van der Waals surface area contributed by atoms with E-state index in [2.05, 4.69) is 10.2 Å². The Morgan fingerprint density at radius 2 is 1.77 bits per heavy atom. The van der Waals surface area contributed by atoms with Crippen LogP contribution >= 0.6 is 11.8 Å². The molecule has 132 valence electrons. The lowest BCUT2D eigenvalue weighted by Gasteiger charge is -2.07. The fraction of sp³-hybridized carbons (Fsp3) is 0.167.